The molecule has 0 unspecified atom stereocenters. The second-order valence-electron chi connectivity index (χ2n) is 6.56. The second kappa shape index (κ2) is 6.53. The van der Waals surface area contributed by atoms with E-state index in [1.54, 1.807) is 18.3 Å². The Bertz CT molecular complexity index is 1030. The van der Waals surface area contributed by atoms with Crippen LogP contribution in [0.2, 0.25) is 0 Å². The number of ether oxygens (including phenoxy) is 3. The fourth-order valence-corrected chi connectivity index (χ4v) is 3.60. The first kappa shape index (κ1) is 16.6. The smallest absolute Gasteiger partial charge is 0.258 e. The van der Waals surface area contributed by atoms with Crippen molar-refractivity contribution in [3.63, 3.8) is 0 Å². The summed E-state index contributed by atoms with van der Waals surface area (Å²) in [4.78, 5) is 15.0. The Morgan fingerprint density at radius 2 is 2.07 bits per heavy atom. The van der Waals surface area contributed by atoms with Crippen LogP contribution in [0, 0.1) is 0 Å². The first-order chi connectivity index (χ1) is 13.7. The molecule has 3 heterocycles. The minimum Gasteiger partial charge on any atom is -0.493 e. The predicted molar refractivity (Wildman–Crippen MR) is 101 cm³/mol. The Hall–Kier alpha value is -3.61. The van der Waals surface area contributed by atoms with E-state index in [9.17, 15) is 4.79 Å². The maximum absolute atomic E-state index is 13.3. The average molecular weight is 378 g/mol. The van der Waals surface area contributed by atoms with Gasteiger partial charge in [0.05, 0.1) is 25.5 Å². The molecule has 2 aliphatic rings. The summed E-state index contributed by atoms with van der Waals surface area (Å²) in [5, 5.41) is 3.46. The van der Waals surface area contributed by atoms with Gasteiger partial charge in [0.2, 0.25) is 12.5 Å². The van der Waals surface area contributed by atoms with E-state index in [0.717, 1.165) is 11.3 Å². The molecule has 0 saturated heterocycles. The normalized spacial score (nSPS) is 17.2. The van der Waals surface area contributed by atoms with Crippen LogP contribution in [0.1, 0.15) is 27.8 Å². The van der Waals surface area contributed by atoms with Gasteiger partial charge in [-0.15, -0.1) is 0 Å². The van der Waals surface area contributed by atoms with Gasteiger partial charge in [0.25, 0.3) is 5.91 Å². The molecule has 2 aliphatic heterocycles. The Balaban J connectivity index is 1.60. The zero-order valence-corrected chi connectivity index (χ0v) is 15.2. The monoisotopic (exact) mass is 378 g/mol. The highest BCUT2D eigenvalue weighted by Gasteiger charge is 2.35. The van der Waals surface area contributed by atoms with Crippen molar-refractivity contribution in [2.75, 3.05) is 19.2 Å². The summed E-state index contributed by atoms with van der Waals surface area (Å²) in [5.74, 6) is 2.36. The number of nitrogens with one attached hydrogen (secondary N) is 1. The highest BCUT2D eigenvalue weighted by Crippen LogP contribution is 2.45. The van der Waals surface area contributed by atoms with Gasteiger partial charge in [-0.3, -0.25) is 4.79 Å². The molecule has 28 heavy (non-hydrogen) atoms. The van der Waals surface area contributed by atoms with Crippen LogP contribution in [0.5, 0.6) is 17.2 Å². The number of amides is 1. The molecule has 7 nitrogen and oxygen atoms in total. The Morgan fingerprint density at radius 1 is 1.18 bits per heavy atom. The number of methoxy groups -OCH3 is 1. The van der Waals surface area contributed by atoms with E-state index in [1.807, 2.05) is 48.5 Å². The second-order valence-corrected chi connectivity index (χ2v) is 6.56. The van der Waals surface area contributed by atoms with E-state index in [0.29, 0.717) is 35.1 Å². The van der Waals surface area contributed by atoms with Crippen LogP contribution >= 0.6 is 0 Å². The van der Waals surface area contributed by atoms with Crippen molar-refractivity contribution in [1.29, 1.82) is 0 Å². The van der Waals surface area contributed by atoms with Crippen LogP contribution in [-0.4, -0.2) is 24.7 Å². The van der Waals surface area contributed by atoms with Crippen molar-refractivity contribution in [3.8, 4) is 17.2 Å². The average Bonchev–Trinajstić information content (AvgIpc) is 3.41. The van der Waals surface area contributed by atoms with Gasteiger partial charge in [-0.2, -0.15) is 0 Å². The maximum atomic E-state index is 13.3. The van der Waals surface area contributed by atoms with Crippen LogP contribution in [-0.2, 0) is 6.54 Å². The minimum atomic E-state index is -0.420. The molecular formula is C21H18N2O5. The first-order valence-corrected chi connectivity index (χ1v) is 8.91. The van der Waals surface area contributed by atoms with Gasteiger partial charge < -0.3 is 28.8 Å². The van der Waals surface area contributed by atoms with Gasteiger partial charge in [0.1, 0.15) is 11.9 Å². The third-order valence-electron chi connectivity index (χ3n) is 4.92. The van der Waals surface area contributed by atoms with E-state index in [1.165, 1.54) is 0 Å². The Morgan fingerprint density at radius 3 is 2.89 bits per heavy atom. The Kier molecular flexibility index (Phi) is 3.86. The summed E-state index contributed by atoms with van der Waals surface area (Å²) < 4.78 is 22.0. The molecule has 1 amide bonds. The van der Waals surface area contributed by atoms with Gasteiger partial charge in [0.15, 0.2) is 11.5 Å². The maximum Gasteiger partial charge on any atom is 0.258 e. The number of hydrogen-bond acceptors (Lipinski definition) is 6. The SMILES string of the molecule is COc1cc([C@H]2Nc3ccccc3C(=O)N2Cc2ccco2)cc2c1OCO2. The lowest BCUT2D eigenvalue weighted by Crippen LogP contribution is -2.42. The Labute approximate surface area is 161 Å². The molecule has 1 aromatic heterocycles. The molecule has 5 rings (SSSR count). The fourth-order valence-electron chi connectivity index (χ4n) is 3.60. The van der Waals surface area contributed by atoms with Gasteiger partial charge in [0, 0.05) is 11.3 Å². The lowest BCUT2D eigenvalue weighted by molar-refractivity contribution is 0.0651. The number of furan rings is 1. The molecule has 1 N–H and O–H groups in total. The fraction of sp³-hybridized carbons (Fsp3) is 0.190. The zero-order chi connectivity index (χ0) is 19.1. The van der Waals surface area contributed by atoms with E-state index >= 15 is 0 Å². The van der Waals surface area contributed by atoms with Crippen LogP contribution in [0.4, 0.5) is 5.69 Å². The molecule has 3 aromatic rings. The molecule has 0 radical (unpaired) electrons. The van der Waals surface area contributed by atoms with Crippen molar-refractivity contribution >= 4 is 11.6 Å². The summed E-state index contributed by atoms with van der Waals surface area (Å²) in [7, 11) is 1.58. The molecule has 1 atom stereocenters. The van der Waals surface area contributed by atoms with Crippen LogP contribution < -0.4 is 19.5 Å². The van der Waals surface area contributed by atoms with E-state index in [2.05, 4.69) is 5.32 Å². The summed E-state index contributed by atoms with van der Waals surface area (Å²) in [6.45, 7) is 0.472. The van der Waals surface area contributed by atoms with Gasteiger partial charge in [-0.1, -0.05) is 12.1 Å². The largest absolute Gasteiger partial charge is 0.493 e. The lowest BCUT2D eigenvalue weighted by atomic mass is 10.0. The molecule has 0 bridgehead atoms. The minimum absolute atomic E-state index is 0.0765. The van der Waals surface area contributed by atoms with Gasteiger partial charge >= 0.3 is 0 Å². The summed E-state index contributed by atoms with van der Waals surface area (Å²) in [6, 6.07) is 14.9. The predicted octanol–water partition coefficient (Wildman–Crippen LogP) is 3.78. The van der Waals surface area contributed by atoms with E-state index < -0.39 is 6.17 Å². The molecule has 142 valence electrons. The molecule has 0 saturated carbocycles. The zero-order valence-electron chi connectivity index (χ0n) is 15.2. The number of fused-ring (bicyclic) bond motifs is 2. The van der Waals surface area contributed by atoms with Gasteiger partial charge in [-0.05, 0) is 36.4 Å². The number of hydrogen-bond donors (Lipinski definition) is 1. The number of nitrogens with zero attached hydrogens (tertiary/aromatic N) is 1. The summed E-state index contributed by atoms with van der Waals surface area (Å²) in [5.41, 5.74) is 2.23. The molecule has 0 spiro atoms. The highest BCUT2D eigenvalue weighted by atomic mass is 16.7. The lowest BCUT2D eigenvalue weighted by Gasteiger charge is -2.37. The standard InChI is InChI=1S/C21H18N2O5/c1-25-17-9-13(10-18-19(17)28-12-27-18)20-22-16-7-3-2-6-15(16)21(24)23(20)11-14-5-4-8-26-14/h2-10,20,22H,11-12H2,1H3/t20-/m0/s1. The van der Waals surface area contributed by atoms with E-state index in [-0.39, 0.29) is 12.7 Å². The summed E-state index contributed by atoms with van der Waals surface area (Å²) >= 11 is 0. The summed E-state index contributed by atoms with van der Waals surface area (Å²) in [6.07, 6.45) is 1.18. The number of carbonyl (C=O) groups excluding carboxylic acids is 1. The van der Waals surface area contributed by atoms with Gasteiger partial charge in [-0.25, -0.2) is 0 Å². The van der Waals surface area contributed by atoms with Crippen LogP contribution in [0.15, 0.2) is 59.2 Å². The molecular weight excluding hydrogens is 360 g/mol. The number of para-hydroxylation sites is 1. The number of carbonyl (C=O) groups is 1. The molecule has 7 heteroatoms. The van der Waals surface area contributed by atoms with Crippen molar-refractivity contribution in [2.24, 2.45) is 0 Å². The third kappa shape index (κ3) is 2.63. The van der Waals surface area contributed by atoms with Crippen LogP contribution in [0.3, 0.4) is 0 Å². The van der Waals surface area contributed by atoms with Crippen molar-refractivity contribution < 1.29 is 23.4 Å². The number of anilines is 1. The van der Waals surface area contributed by atoms with Crippen LogP contribution in [0.25, 0.3) is 0 Å². The third-order valence-corrected chi connectivity index (χ3v) is 4.92. The van der Waals surface area contributed by atoms with Crippen molar-refractivity contribution in [2.45, 2.75) is 12.7 Å². The van der Waals surface area contributed by atoms with E-state index in [4.69, 9.17) is 18.6 Å². The molecule has 0 fully saturated rings. The first-order valence-electron chi connectivity index (χ1n) is 8.91. The number of rotatable bonds is 4. The molecule has 2 aromatic carbocycles. The topological polar surface area (TPSA) is 73.2 Å². The van der Waals surface area contributed by atoms with Crippen molar-refractivity contribution in [3.05, 3.63) is 71.7 Å². The highest BCUT2D eigenvalue weighted by molar-refractivity contribution is 6.01. The van der Waals surface area contributed by atoms with Crippen molar-refractivity contribution in [1.82, 2.24) is 4.90 Å². The quantitative estimate of drug-likeness (QED) is 0.745. The molecule has 0 aliphatic carbocycles. The number of benzene rings is 2.